The zero-order chi connectivity index (χ0) is 19.1. The summed E-state index contributed by atoms with van der Waals surface area (Å²) in [5, 5.41) is 11.1. The van der Waals surface area contributed by atoms with E-state index < -0.39 is 0 Å². The van der Waals surface area contributed by atoms with E-state index in [1.54, 1.807) is 11.9 Å². The molecule has 136 valence electrons. The quantitative estimate of drug-likeness (QED) is 0.421. The fraction of sp³-hybridized carbons (Fsp3) is 0.120. The summed E-state index contributed by atoms with van der Waals surface area (Å²) in [4.78, 5) is 12.5. The molecule has 28 heavy (non-hydrogen) atoms. The molecule has 0 unspecified atom stereocenters. The number of hydrogen-bond donors (Lipinski definition) is 0. The van der Waals surface area contributed by atoms with Crippen molar-refractivity contribution in [2.24, 2.45) is 5.10 Å². The van der Waals surface area contributed by atoms with Crippen molar-refractivity contribution in [3.05, 3.63) is 96.1 Å². The smallest absolute Gasteiger partial charge is 0.240 e. The highest BCUT2D eigenvalue weighted by Gasteiger charge is 2.33. The van der Waals surface area contributed by atoms with Crippen molar-refractivity contribution >= 4 is 33.2 Å². The summed E-state index contributed by atoms with van der Waals surface area (Å²) in [7, 11) is 0. The summed E-state index contributed by atoms with van der Waals surface area (Å²) in [6, 6.07) is 29.1. The fourth-order valence-electron chi connectivity index (χ4n) is 4.24. The largest absolute Gasteiger partial charge is 0.273 e. The molecule has 1 atom stereocenters. The van der Waals surface area contributed by atoms with Gasteiger partial charge in [0.1, 0.15) is 0 Å². The molecule has 0 radical (unpaired) electrons. The van der Waals surface area contributed by atoms with Crippen LogP contribution in [0.2, 0.25) is 0 Å². The van der Waals surface area contributed by atoms with Crippen LogP contribution >= 0.6 is 0 Å². The van der Waals surface area contributed by atoms with E-state index in [-0.39, 0.29) is 11.9 Å². The van der Waals surface area contributed by atoms with E-state index in [9.17, 15) is 4.79 Å². The van der Waals surface area contributed by atoms with Crippen molar-refractivity contribution in [3.63, 3.8) is 0 Å². The Balaban J connectivity index is 1.73. The van der Waals surface area contributed by atoms with Crippen LogP contribution < -0.4 is 0 Å². The molecule has 3 nitrogen and oxygen atoms in total. The standard InChI is InChI=1S/C25H20N2O/c1-17(28)27-24(16-23(26-27)18-9-3-2-4-10-18)25-21-13-7-5-11-19(21)15-20-12-6-8-14-22(20)25/h2-15,24H,16H2,1H3/t24-/m0/s1. The highest BCUT2D eigenvalue weighted by molar-refractivity contribution is 6.06. The van der Waals surface area contributed by atoms with Gasteiger partial charge in [-0.25, -0.2) is 5.01 Å². The highest BCUT2D eigenvalue weighted by Crippen LogP contribution is 2.40. The normalized spacial score (nSPS) is 16.5. The lowest BCUT2D eigenvalue weighted by Crippen LogP contribution is -2.24. The first kappa shape index (κ1) is 16.7. The molecule has 1 aliphatic rings. The average molecular weight is 364 g/mol. The van der Waals surface area contributed by atoms with Gasteiger partial charge in [0.15, 0.2) is 0 Å². The second kappa shape index (κ2) is 6.61. The Bertz CT molecular complexity index is 1170. The van der Waals surface area contributed by atoms with Crippen LogP contribution in [0.15, 0.2) is 90.0 Å². The van der Waals surface area contributed by atoms with Crippen LogP contribution in [-0.4, -0.2) is 16.6 Å². The number of carbonyl (C=O) groups is 1. The van der Waals surface area contributed by atoms with E-state index in [0.717, 1.165) is 11.3 Å². The van der Waals surface area contributed by atoms with Crippen molar-refractivity contribution in [2.45, 2.75) is 19.4 Å². The van der Waals surface area contributed by atoms with Gasteiger partial charge in [-0.3, -0.25) is 4.79 Å². The molecule has 0 saturated carbocycles. The molecule has 0 spiro atoms. The van der Waals surface area contributed by atoms with Crippen LogP contribution in [0.5, 0.6) is 0 Å². The van der Waals surface area contributed by atoms with Crippen LogP contribution in [0.3, 0.4) is 0 Å². The van der Waals surface area contributed by atoms with E-state index in [0.29, 0.717) is 6.42 Å². The van der Waals surface area contributed by atoms with Gasteiger partial charge in [-0.2, -0.15) is 5.10 Å². The van der Waals surface area contributed by atoms with Crippen LogP contribution in [0.25, 0.3) is 21.5 Å². The molecule has 1 heterocycles. The lowest BCUT2D eigenvalue weighted by molar-refractivity contribution is -0.130. The third-order valence-corrected chi connectivity index (χ3v) is 5.49. The topological polar surface area (TPSA) is 32.7 Å². The second-order valence-electron chi connectivity index (χ2n) is 7.23. The summed E-state index contributed by atoms with van der Waals surface area (Å²) >= 11 is 0. The molecular formula is C25H20N2O. The number of hydrogen-bond acceptors (Lipinski definition) is 2. The predicted octanol–water partition coefficient (Wildman–Crippen LogP) is 5.69. The van der Waals surface area contributed by atoms with Crippen LogP contribution in [0.1, 0.15) is 30.5 Å². The SMILES string of the molecule is CC(=O)N1N=C(c2ccccc2)C[C@H]1c1c2ccccc2cc2ccccc12. The highest BCUT2D eigenvalue weighted by atomic mass is 16.2. The van der Waals surface area contributed by atoms with Crippen molar-refractivity contribution < 1.29 is 4.79 Å². The summed E-state index contributed by atoms with van der Waals surface area (Å²) in [5.41, 5.74) is 3.21. The maximum absolute atomic E-state index is 12.5. The first-order valence-corrected chi connectivity index (χ1v) is 9.55. The minimum Gasteiger partial charge on any atom is -0.273 e. The molecule has 0 bridgehead atoms. The Hall–Kier alpha value is -3.46. The maximum atomic E-state index is 12.5. The number of benzene rings is 4. The van der Waals surface area contributed by atoms with Gasteiger partial charge in [-0.15, -0.1) is 0 Å². The van der Waals surface area contributed by atoms with Gasteiger partial charge in [0, 0.05) is 13.3 Å². The molecule has 0 saturated heterocycles. The average Bonchev–Trinajstić information content (AvgIpc) is 3.18. The summed E-state index contributed by atoms with van der Waals surface area (Å²) in [5.74, 6) is -0.0343. The number of hydrazone groups is 1. The fourth-order valence-corrected chi connectivity index (χ4v) is 4.24. The molecule has 0 fully saturated rings. The van der Waals surface area contributed by atoms with E-state index >= 15 is 0 Å². The van der Waals surface area contributed by atoms with Crippen molar-refractivity contribution in [1.29, 1.82) is 0 Å². The van der Waals surface area contributed by atoms with Gasteiger partial charge in [0.2, 0.25) is 5.91 Å². The van der Waals surface area contributed by atoms with Gasteiger partial charge in [0.05, 0.1) is 11.8 Å². The van der Waals surface area contributed by atoms with E-state index in [1.807, 2.05) is 18.2 Å². The maximum Gasteiger partial charge on any atom is 0.240 e. The van der Waals surface area contributed by atoms with Gasteiger partial charge >= 0.3 is 0 Å². The van der Waals surface area contributed by atoms with E-state index in [4.69, 9.17) is 5.10 Å². The molecule has 0 aromatic heterocycles. The van der Waals surface area contributed by atoms with Gasteiger partial charge in [-0.05, 0) is 38.7 Å². The molecule has 3 heteroatoms. The first-order valence-electron chi connectivity index (χ1n) is 9.55. The minimum atomic E-state index is -0.108. The molecular weight excluding hydrogens is 344 g/mol. The Morgan fingerprint density at radius 1 is 0.857 bits per heavy atom. The Morgan fingerprint density at radius 2 is 1.43 bits per heavy atom. The monoisotopic (exact) mass is 364 g/mol. The third kappa shape index (κ3) is 2.67. The molecule has 1 amide bonds. The number of rotatable bonds is 2. The van der Waals surface area contributed by atoms with Crippen LogP contribution in [-0.2, 0) is 4.79 Å². The number of nitrogens with zero attached hydrogens (tertiary/aromatic N) is 2. The van der Waals surface area contributed by atoms with Gasteiger partial charge < -0.3 is 0 Å². The van der Waals surface area contributed by atoms with Crippen molar-refractivity contribution in [2.75, 3.05) is 0 Å². The predicted molar refractivity (Wildman–Crippen MR) is 114 cm³/mol. The second-order valence-corrected chi connectivity index (χ2v) is 7.23. The molecule has 4 aromatic rings. The molecule has 1 aliphatic heterocycles. The first-order chi connectivity index (χ1) is 13.7. The zero-order valence-electron chi connectivity index (χ0n) is 15.7. The van der Waals surface area contributed by atoms with E-state index in [2.05, 4.69) is 66.7 Å². The lowest BCUT2D eigenvalue weighted by Gasteiger charge is -2.24. The van der Waals surface area contributed by atoms with Gasteiger partial charge in [0.25, 0.3) is 0 Å². The molecule has 4 aromatic carbocycles. The zero-order valence-corrected chi connectivity index (χ0v) is 15.7. The number of fused-ring (bicyclic) bond motifs is 2. The molecule has 0 N–H and O–H groups in total. The molecule has 5 rings (SSSR count). The van der Waals surface area contributed by atoms with Crippen molar-refractivity contribution in [3.8, 4) is 0 Å². The number of carbonyl (C=O) groups excluding carboxylic acids is 1. The Kier molecular flexibility index (Phi) is 3.94. The van der Waals surface area contributed by atoms with Crippen molar-refractivity contribution in [1.82, 2.24) is 5.01 Å². The molecule has 0 aliphatic carbocycles. The third-order valence-electron chi connectivity index (χ3n) is 5.49. The summed E-state index contributed by atoms with van der Waals surface area (Å²) in [6.07, 6.45) is 0.710. The summed E-state index contributed by atoms with van der Waals surface area (Å²) in [6.45, 7) is 1.59. The minimum absolute atomic E-state index is 0.0343. The Morgan fingerprint density at radius 3 is 2.04 bits per heavy atom. The van der Waals surface area contributed by atoms with E-state index in [1.165, 1.54) is 27.1 Å². The van der Waals surface area contributed by atoms with Gasteiger partial charge in [-0.1, -0.05) is 78.9 Å². The summed E-state index contributed by atoms with van der Waals surface area (Å²) < 4.78 is 0. The lowest BCUT2D eigenvalue weighted by atomic mass is 9.89. The Labute approximate surface area is 163 Å². The van der Waals surface area contributed by atoms with Crippen LogP contribution in [0.4, 0.5) is 0 Å². The number of amides is 1. The van der Waals surface area contributed by atoms with Crippen LogP contribution in [0, 0.1) is 0 Å².